The second kappa shape index (κ2) is 6.08. The molecule has 4 nitrogen and oxygen atoms in total. The minimum Gasteiger partial charge on any atom is -0.480 e. The molecule has 1 rings (SSSR count). The summed E-state index contributed by atoms with van der Waals surface area (Å²) in [6.45, 7) is 1.62. The molecule has 1 N–H and O–H groups in total. The quantitative estimate of drug-likeness (QED) is 0.870. The van der Waals surface area contributed by atoms with Gasteiger partial charge in [0.2, 0.25) is 0 Å². The number of hydrogen-bond acceptors (Lipinski definition) is 3. The normalized spacial score (nSPS) is 12.0. The third kappa shape index (κ3) is 3.66. The molecular weight excluding hydrogens is 297 g/mol. The fraction of sp³-hybridized carbons (Fsp3) is 0.300. The summed E-state index contributed by atoms with van der Waals surface area (Å²) in [5.74, 6) is 0.188. The molecule has 1 aromatic carbocycles. The molecule has 6 heteroatoms. The molecule has 0 saturated carbocycles. The number of benzene rings is 1. The first-order chi connectivity index (χ1) is 7.54. The number of amides is 1. The maximum absolute atomic E-state index is 11.3. The van der Waals surface area contributed by atoms with Crippen LogP contribution in [0.5, 0.6) is 5.75 Å². The highest BCUT2D eigenvalue weighted by atomic mass is 79.9. The third-order valence-electron chi connectivity index (χ3n) is 1.77. The van der Waals surface area contributed by atoms with Crippen LogP contribution in [0.2, 0.25) is 5.02 Å². The van der Waals surface area contributed by atoms with E-state index in [0.29, 0.717) is 15.2 Å². The fourth-order valence-corrected chi connectivity index (χ4v) is 1.77. The van der Waals surface area contributed by atoms with Crippen LogP contribution >= 0.6 is 27.5 Å². The molecule has 0 aromatic heterocycles. The van der Waals surface area contributed by atoms with Gasteiger partial charge >= 0.3 is 0 Å². The zero-order chi connectivity index (χ0) is 12.1. The molecule has 0 fully saturated rings. The second-order valence-electron chi connectivity index (χ2n) is 3.01. The highest BCUT2D eigenvalue weighted by molar-refractivity contribution is 9.10. The molecule has 0 unspecified atom stereocenters. The molecule has 0 saturated heterocycles. The van der Waals surface area contributed by atoms with E-state index in [1.165, 1.54) is 7.11 Å². The Morgan fingerprint density at radius 3 is 2.81 bits per heavy atom. The maximum atomic E-state index is 11.3. The van der Waals surface area contributed by atoms with Crippen LogP contribution in [0.15, 0.2) is 22.7 Å². The SMILES string of the molecule is CONC(=O)[C@@H](C)Oc1ccc(Cl)cc1Br. The summed E-state index contributed by atoms with van der Waals surface area (Å²) < 4.78 is 6.11. The molecule has 0 aliphatic carbocycles. The van der Waals surface area contributed by atoms with Crippen molar-refractivity contribution in [3.8, 4) is 5.75 Å². The Labute approximate surface area is 107 Å². The van der Waals surface area contributed by atoms with Crippen LogP contribution < -0.4 is 10.2 Å². The van der Waals surface area contributed by atoms with Crippen molar-refractivity contribution in [1.82, 2.24) is 5.48 Å². The Hall–Kier alpha value is -0.780. The molecule has 16 heavy (non-hydrogen) atoms. The number of rotatable bonds is 4. The standard InChI is InChI=1S/C10H11BrClNO3/c1-6(10(14)13-15-2)16-9-4-3-7(12)5-8(9)11/h3-6H,1-2H3,(H,13,14)/t6-/m1/s1. The van der Waals surface area contributed by atoms with Crippen molar-refractivity contribution in [2.24, 2.45) is 0 Å². The van der Waals surface area contributed by atoms with Gasteiger partial charge in [0.25, 0.3) is 5.91 Å². The van der Waals surface area contributed by atoms with Crippen molar-refractivity contribution in [2.45, 2.75) is 13.0 Å². The topological polar surface area (TPSA) is 47.6 Å². The number of nitrogens with one attached hydrogen (secondary N) is 1. The van der Waals surface area contributed by atoms with Crippen LogP contribution in [0, 0.1) is 0 Å². The lowest BCUT2D eigenvalue weighted by Crippen LogP contribution is -2.35. The predicted molar refractivity (Wildman–Crippen MR) is 64.4 cm³/mol. The molecule has 0 bridgehead atoms. The van der Waals surface area contributed by atoms with Gasteiger partial charge in [0.1, 0.15) is 5.75 Å². The fourth-order valence-electron chi connectivity index (χ4n) is 0.998. The van der Waals surface area contributed by atoms with Crippen LogP contribution in [0.1, 0.15) is 6.92 Å². The van der Waals surface area contributed by atoms with Gasteiger partial charge in [-0.2, -0.15) is 0 Å². The zero-order valence-electron chi connectivity index (χ0n) is 8.79. The van der Waals surface area contributed by atoms with Gasteiger partial charge in [0.05, 0.1) is 11.6 Å². The van der Waals surface area contributed by atoms with E-state index >= 15 is 0 Å². The van der Waals surface area contributed by atoms with Crippen LogP contribution in [0.4, 0.5) is 0 Å². The van der Waals surface area contributed by atoms with Crippen molar-refractivity contribution in [3.05, 3.63) is 27.7 Å². The number of ether oxygens (including phenoxy) is 1. The predicted octanol–water partition coefficient (Wildman–Crippen LogP) is 2.55. The van der Waals surface area contributed by atoms with Gasteiger partial charge in [-0.15, -0.1) is 0 Å². The Bertz CT molecular complexity index is 386. The van der Waals surface area contributed by atoms with E-state index in [-0.39, 0.29) is 5.91 Å². The summed E-state index contributed by atoms with van der Waals surface area (Å²) in [4.78, 5) is 15.8. The number of carbonyl (C=O) groups excluding carboxylic acids is 1. The Morgan fingerprint density at radius 2 is 2.25 bits per heavy atom. The molecular formula is C10H11BrClNO3. The smallest absolute Gasteiger partial charge is 0.284 e. The van der Waals surface area contributed by atoms with Gasteiger partial charge in [-0.3, -0.25) is 9.63 Å². The van der Waals surface area contributed by atoms with Crippen LogP contribution in [0.25, 0.3) is 0 Å². The molecule has 0 aliphatic rings. The van der Waals surface area contributed by atoms with Gasteiger partial charge in [-0.25, -0.2) is 5.48 Å². The number of hydrogen-bond donors (Lipinski definition) is 1. The van der Waals surface area contributed by atoms with Gasteiger partial charge in [-0.1, -0.05) is 11.6 Å². The van der Waals surface area contributed by atoms with E-state index in [4.69, 9.17) is 16.3 Å². The van der Waals surface area contributed by atoms with E-state index in [1.54, 1.807) is 25.1 Å². The molecule has 1 amide bonds. The van der Waals surface area contributed by atoms with Gasteiger partial charge < -0.3 is 4.74 Å². The first-order valence-electron chi connectivity index (χ1n) is 4.49. The minimum atomic E-state index is -0.655. The first-order valence-corrected chi connectivity index (χ1v) is 5.66. The minimum absolute atomic E-state index is 0.357. The zero-order valence-corrected chi connectivity index (χ0v) is 11.1. The first kappa shape index (κ1) is 13.3. The lowest BCUT2D eigenvalue weighted by Gasteiger charge is -2.14. The summed E-state index contributed by atoms with van der Waals surface area (Å²) in [7, 11) is 1.36. The summed E-state index contributed by atoms with van der Waals surface area (Å²) >= 11 is 9.07. The Kier molecular flexibility index (Phi) is 5.05. The summed E-state index contributed by atoms with van der Waals surface area (Å²) in [6, 6.07) is 5.06. The van der Waals surface area contributed by atoms with Crippen LogP contribution in [-0.4, -0.2) is 19.1 Å². The molecule has 88 valence electrons. The van der Waals surface area contributed by atoms with Crippen LogP contribution in [-0.2, 0) is 9.63 Å². The van der Waals surface area contributed by atoms with Crippen molar-refractivity contribution in [2.75, 3.05) is 7.11 Å². The average Bonchev–Trinajstić information content (AvgIpc) is 2.22. The van der Waals surface area contributed by atoms with Gasteiger partial charge in [-0.05, 0) is 41.1 Å². The van der Waals surface area contributed by atoms with E-state index in [9.17, 15) is 4.79 Å². The largest absolute Gasteiger partial charge is 0.480 e. The molecule has 0 aliphatic heterocycles. The lowest BCUT2D eigenvalue weighted by molar-refractivity contribution is -0.137. The summed E-state index contributed by atoms with van der Waals surface area (Å²) in [5.41, 5.74) is 2.19. The van der Waals surface area contributed by atoms with E-state index in [2.05, 4.69) is 26.2 Å². The molecule has 0 radical (unpaired) electrons. The lowest BCUT2D eigenvalue weighted by atomic mass is 10.3. The van der Waals surface area contributed by atoms with E-state index in [0.717, 1.165) is 0 Å². The van der Waals surface area contributed by atoms with Crippen molar-refractivity contribution in [3.63, 3.8) is 0 Å². The number of hydroxylamine groups is 1. The monoisotopic (exact) mass is 307 g/mol. The Balaban J connectivity index is 2.69. The molecule has 0 heterocycles. The molecule has 0 spiro atoms. The van der Waals surface area contributed by atoms with Gasteiger partial charge in [0, 0.05) is 5.02 Å². The summed E-state index contributed by atoms with van der Waals surface area (Å²) in [5, 5.41) is 0.591. The van der Waals surface area contributed by atoms with E-state index < -0.39 is 6.10 Å². The number of halogens is 2. The van der Waals surface area contributed by atoms with Crippen molar-refractivity contribution < 1.29 is 14.4 Å². The van der Waals surface area contributed by atoms with Crippen LogP contribution in [0.3, 0.4) is 0 Å². The van der Waals surface area contributed by atoms with Crippen molar-refractivity contribution >= 4 is 33.4 Å². The van der Waals surface area contributed by atoms with E-state index in [1.807, 2.05) is 0 Å². The molecule has 1 aromatic rings. The maximum Gasteiger partial charge on any atom is 0.284 e. The number of carbonyl (C=O) groups is 1. The second-order valence-corrected chi connectivity index (χ2v) is 4.30. The third-order valence-corrected chi connectivity index (χ3v) is 2.62. The Morgan fingerprint density at radius 1 is 1.56 bits per heavy atom. The summed E-state index contributed by atoms with van der Waals surface area (Å²) in [6.07, 6.45) is -0.655. The van der Waals surface area contributed by atoms with Crippen molar-refractivity contribution in [1.29, 1.82) is 0 Å². The van der Waals surface area contributed by atoms with Gasteiger partial charge in [0.15, 0.2) is 6.10 Å². The molecule has 1 atom stereocenters. The average molecular weight is 309 g/mol. The highest BCUT2D eigenvalue weighted by Crippen LogP contribution is 2.28. The highest BCUT2D eigenvalue weighted by Gasteiger charge is 2.15.